The summed E-state index contributed by atoms with van der Waals surface area (Å²) in [4.78, 5) is 20.3. The minimum Gasteiger partial charge on any atom is -0.375 e. The van der Waals surface area contributed by atoms with E-state index in [1.807, 2.05) is 0 Å². The third-order valence-electron chi connectivity index (χ3n) is 3.22. The van der Waals surface area contributed by atoms with Crippen LogP contribution in [-0.2, 0) is 11.3 Å². The predicted octanol–water partition coefficient (Wildman–Crippen LogP) is 1.77. The van der Waals surface area contributed by atoms with E-state index in [1.165, 1.54) is 12.1 Å². The Balaban J connectivity index is 2.02. The molecule has 0 amide bonds. The largest absolute Gasteiger partial charge is 0.375 e. The predicted molar refractivity (Wildman–Crippen MR) is 70.4 cm³/mol. The number of rotatable bonds is 6. The SMILES string of the molecule is O=[N+]([O-])c1ccc(COCC2CCCN2)c([N+](=O)[O-])c1. The van der Waals surface area contributed by atoms with Crippen LogP contribution in [0.4, 0.5) is 11.4 Å². The monoisotopic (exact) mass is 281 g/mol. The summed E-state index contributed by atoms with van der Waals surface area (Å²) in [6.45, 7) is 1.52. The van der Waals surface area contributed by atoms with Gasteiger partial charge >= 0.3 is 0 Å². The lowest BCUT2D eigenvalue weighted by Crippen LogP contribution is -2.26. The van der Waals surface area contributed by atoms with E-state index in [0.29, 0.717) is 12.2 Å². The lowest BCUT2D eigenvalue weighted by molar-refractivity contribution is -0.394. The first-order valence-corrected chi connectivity index (χ1v) is 6.31. The van der Waals surface area contributed by atoms with Gasteiger partial charge in [0.15, 0.2) is 0 Å². The molecule has 108 valence electrons. The Labute approximate surface area is 115 Å². The molecule has 0 saturated carbocycles. The summed E-state index contributed by atoms with van der Waals surface area (Å²) in [7, 11) is 0. The maximum atomic E-state index is 10.9. The average Bonchev–Trinajstić information content (AvgIpc) is 2.91. The highest BCUT2D eigenvalue weighted by atomic mass is 16.6. The number of nitro groups is 2. The fourth-order valence-electron chi connectivity index (χ4n) is 2.17. The fraction of sp³-hybridized carbons (Fsp3) is 0.500. The second-order valence-corrected chi connectivity index (χ2v) is 4.64. The van der Waals surface area contributed by atoms with Crippen molar-refractivity contribution in [3.05, 3.63) is 44.0 Å². The number of benzene rings is 1. The molecule has 8 heteroatoms. The number of hydrogen-bond donors (Lipinski definition) is 1. The van der Waals surface area contributed by atoms with Gasteiger partial charge < -0.3 is 10.1 Å². The van der Waals surface area contributed by atoms with E-state index in [-0.39, 0.29) is 24.0 Å². The molecular weight excluding hydrogens is 266 g/mol. The zero-order chi connectivity index (χ0) is 14.5. The van der Waals surface area contributed by atoms with Gasteiger partial charge in [-0.3, -0.25) is 20.2 Å². The van der Waals surface area contributed by atoms with Crippen molar-refractivity contribution < 1.29 is 14.6 Å². The van der Waals surface area contributed by atoms with Crippen LogP contribution in [-0.4, -0.2) is 29.0 Å². The molecule has 0 bridgehead atoms. The number of ether oxygens (including phenoxy) is 1. The van der Waals surface area contributed by atoms with Crippen LogP contribution in [0, 0.1) is 20.2 Å². The molecule has 1 unspecified atom stereocenters. The second kappa shape index (κ2) is 6.40. The standard InChI is InChI=1S/C12H15N3O5/c16-14(17)11-4-3-9(12(6-11)15(18)19)7-20-8-10-2-1-5-13-10/h3-4,6,10,13H,1-2,5,7-8H2. The third kappa shape index (κ3) is 3.49. The van der Waals surface area contributed by atoms with Crippen molar-refractivity contribution in [3.63, 3.8) is 0 Å². The van der Waals surface area contributed by atoms with Crippen LogP contribution < -0.4 is 5.32 Å². The minimum absolute atomic E-state index is 0.0759. The number of nitrogens with zero attached hydrogens (tertiary/aromatic N) is 2. The van der Waals surface area contributed by atoms with E-state index < -0.39 is 9.85 Å². The molecule has 1 heterocycles. The molecule has 2 rings (SSSR count). The van der Waals surface area contributed by atoms with E-state index in [2.05, 4.69) is 5.32 Å². The molecule has 0 aromatic heterocycles. The zero-order valence-electron chi connectivity index (χ0n) is 10.8. The summed E-state index contributed by atoms with van der Waals surface area (Å²) in [6.07, 6.45) is 2.13. The van der Waals surface area contributed by atoms with Crippen LogP contribution >= 0.6 is 0 Å². The van der Waals surface area contributed by atoms with Crippen molar-refractivity contribution >= 4 is 11.4 Å². The van der Waals surface area contributed by atoms with Crippen molar-refractivity contribution in [3.8, 4) is 0 Å². The van der Waals surface area contributed by atoms with Crippen LogP contribution in [0.2, 0.25) is 0 Å². The van der Waals surface area contributed by atoms with E-state index in [0.717, 1.165) is 25.5 Å². The Morgan fingerprint density at radius 2 is 2.10 bits per heavy atom. The van der Waals surface area contributed by atoms with Gasteiger partial charge in [0.2, 0.25) is 0 Å². The zero-order valence-corrected chi connectivity index (χ0v) is 10.8. The molecule has 1 aliphatic heterocycles. The van der Waals surface area contributed by atoms with Crippen LogP contribution in [0.1, 0.15) is 18.4 Å². The van der Waals surface area contributed by atoms with Crippen molar-refractivity contribution in [2.24, 2.45) is 0 Å². The van der Waals surface area contributed by atoms with E-state index in [4.69, 9.17) is 4.74 Å². The van der Waals surface area contributed by atoms with E-state index in [1.54, 1.807) is 0 Å². The van der Waals surface area contributed by atoms with Gasteiger partial charge in [-0.05, 0) is 25.5 Å². The molecule has 1 saturated heterocycles. The first-order valence-electron chi connectivity index (χ1n) is 6.31. The maximum Gasteiger partial charge on any atom is 0.281 e. The van der Waals surface area contributed by atoms with Crippen LogP contribution in [0.5, 0.6) is 0 Å². The molecule has 0 aliphatic carbocycles. The van der Waals surface area contributed by atoms with Crippen molar-refractivity contribution in [2.45, 2.75) is 25.5 Å². The van der Waals surface area contributed by atoms with Gasteiger partial charge in [0.05, 0.1) is 34.7 Å². The number of non-ortho nitro benzene ring substituents is 1. The third-order valence-corrected chi connectivity index (χ3v) is 3.22. The Morgan fingerprint density at radius 1 is 1.30 bits per heavy atom. The van der Waals surface area contributed by atoms with Gasteiger partial charge in [-0.1, -0.05) is 0 Å². The molecule has 1 fully saturated rings. The van der Waals surface area contributed by atoms with Gasteiger partial charge in [0, 0.05) is 12.1 Å². The van der Waals surface area contributed by atoms with Gasteiger partial charge in [0.1, 0.15) is 0 Å². The van der Waals surface area contributed by atoms with Gasteiger partial charge in [-0.15, -0.1) is 0 Å². The van der Waals surface area contributed by atoms with Crippen LogP contribution in [0.15, 0.2) is 18.2 Å². The van der Waals surface area contributed by atoms with Crippen molar-refractivity contribution in [2.75, 3.05) is 13.2 Å². The molecule has 1 aliphatic rings. The molecule has 1 aromatic rings. The van der Waals surface area contributed by atoms with Crippen LogP contribution in [0.25, 0.3) is 0 Å². The summed E-state index contributed by atoms with van der Waals surface area (Å²) in [6, 6.07) is 3.87. The fourth-order valence-corrected chi connectivity index (χ4v) is 2.17. The first-order chi connectivity index (χ1) is 9.58. The minimum atomic E-state index is -0.653. The lowest BCUT2D eigenvalue weighted by Gasteiger charge is -2.10. The maximum absolute atomic E-state index is 10.9. The lowest BCUT2D eigenvalue weighted by atomic mass is 10.1. The van der Waals surface area contributed by atoms with E-state index >= 15 is 0 Å². The highest BCUT2D eigenvalue weighted by Crippen LogP contribution is 2.25. The highest BCUT2D eigenvalue weighted by Gasteiger charge is 2.20. The molecule has 20 heavy (non-hydrogen) atoms. The Bertz CT molecular complexity index is 514. The normalized spacial score (nSPS) is 18.1. The topological polar surface area (TPSA) is 108 Å². The Kier molecular flexibility index (Phi) is 4.59. The van der Waals surface area contributed by atoms with Crippen molar-refractivity contribution in [1.29, 1.82) is 0 Å². The molecule has 0 radical (unpaired) electrons. The number of hydrogen-bond acceptors (Lipinski definition) is 6. The Hall–Kier alpha value is -2.06. The van der Waals surface area contributed by atoms with Gasteiger partial charge in [0.25, 0.3) is 11.4 Å². The number of nitro benzene ring substituents is 2. The quantitative estimate of drug-likeness (QED) is 0.629. The molecule has 1 N–H and O–H groups in total. The van der Waals surface area contributed by atoms with Crippen molar-refractivity contribution in [1.82, 2.24) is 5.32 Å². The summed E-state index contributed by atoms with van der Waals surface area (Å²) < 4.78 is 5.46. The summed E-state index contributed by atoms with van der Waals surface area (Å²) in [5.74, 6) is 0. The average molecular weight is 281 g/mol. The molecule has 8 nitrogen and oxygen atoms in total. The van der Waals surface area contributed by atoms with Gasteiger partial charge in [-0.25, -0.2) is 0 Å². The summed E-state index contributed by atoms with van der Waals surface area (Å²) in [5.41, 5.74) is -0.227. The summed E-state index contributed by atoms with van der Waals surface area (Å²) in [5, 5.41) is 24.8. The molecule has 1 aromatic carbocycles. The highest BCUT2D eigenvalue weighted by molar-refractivity contribution is 5.48. The molecule has 1 atom stereocenters. The van der Waals surface area contributed by atoms with Gasteiger partial charge in [-0.2, -0.15) is 0 Å². The first kappa shape index (κ1) is 14.4. The summed E-state index contributed by atoms with van der Waals surface area (Å²) >= 11 is 0. The molecule has 0 spiro atoms. The van der Waals surface area contributed by atoms with E-state index in [9.17, 15) is 20.2 Å². The Morgan fingerprint density at radius 3 is 2.70 bits per heavy atom. The second-order valence-electron chi connectivity index (χ2n) is 4.64. The number of nitrogens with one attached hydrogen (secondary N) is 1. The molecular formula is C12H15N3O5. The smallest absolute Gasteiger partial charge is 0.281 e. The van der Waals surface area contributed by atoms with Crippen LogP contribution in [0.3, 0.4) is 0 Å².